The maximum atomic E-state index is 5.68. The molecule has 0 spiro atoms. The highest BCUT2D eigenvalue weighted by molar-refractivity contribution is 5.35. The summed E-state index contributed by atoms with van der Waals surface area (Å²) in [4.78, 5) is 16.3. The van der Waals surface area contributed by atoms with E-state index in [2.05, 4.69) is 25.3 Å². The number of aromatic nitrogens is 5. The van der Waals surface area contributed by atoms with Gasteiger partial charge in [0.05, 0.1) is 25.9 Å². The zero-order chi connectivity index (χ0) is 13.8. The predicted molar refractivity (Wildman–Crippen MR) is 70.4 cm³/mol. The lowest BCUT2D eigenvalue weighted by molar-refractivity contribution is -0.0819. The lowest BCUT2D eigenvalue weighted by Gasteiger charge is -2.23. The first-order valence-electron chi connectivity index (χ1n) is 6.24. The van der Waals surface area contributed by atoms with E-state index in [4.69, 9.17) is 15.2 Å². The number of imidazole rings is 1. The Morgan fingerprint density at radius 1 is 1.35 bits per heavy atom. The van der Waals surface area contributed by atoms with Crippen LogP contribution in [-0.4, -0.2) is 57.0 Å². The van der Waals surface area contributed by atoms with Crippen molar-refractivity contribution in [2.45, 2.75) is 6.10 Å². The summed E-state index contributed by atoms with van der Waals surface area (Å²) in [5.41, 5.74) is 5.68. The average molecular weight is 277 g/mol. The first-order chi connectivity index (χ1) is 9.81. The summed E-state index contributed by atoms with van der Waals surface area (Å²) in [5, 5.41) is 3.08. The Hall–Kier alpha value is -2.26. The second-order valence-electron chi connectivity index (χ2n) is 4.24. The van der Waals surface area contributed by atoms with Crippen LogP contribution in [0.1, 0.15) is 0 Å². The van der Waals surface area contributed by atoms with Crippen LogP contribution in [0.15, 0.2) is 18.7 Å². The zero-order valence-corrected chi connectivity index (χ0v) is 10.8. The van der Waals surface area contributed by atoms with Gasteiger partial charge in [-0.15, -0.1) is 0 Å². The fourth-order valence-electron chi connectivity index (χ4n) is 1.81. The van der Waals surface area contributed by atoms with Crippen molar-refractivity contribution in [1.82, 2.24) is 24.5 Å². The molecule has 0 aliphatic carbocycles. The summed E-state index contributed by atoms with van der Waals surface area (Å²) in [6, 6.07) is 0. The second kappa shape index (κ2) is 5.80. The molecular weight excluding hydrogens is 262 g/mol. The summed E-state index contributed by atoms with van der Waals surface area (Å²) in [7, 11) is 0. The van der Waals surface area contributed by atoms with Gasteiger partial charge < -0.3 is 20.5 Å². The predicted octanol–water partition coefficient (Wildman–Crippen LogP) is -0.533. The van der Waals surface area contributed by atoms with Gasteiger partial charge in [0.1, 0.15) is 6.33 Å². The minimum Gasteiger partial charge on any atom is -0.376 e. The summed E-state index contributed by atoms with van der Waals surface area (Å²) in [6.07, 6.45) is 4.95. The van der Waals surface area contributed by atoms with Gasteiger partial charge in [-0.05, 0) is 0 Å². The normalized spacial score (nSPS) is 18.9. The summed E-state index contributed by atoms with van der Waals surface area (Å²) >= 11 is 0. The van der Waals surface area contributed by atoms with E-state index in [1.165, 1.54) is 0 Å². The summed E-state index contributed by atoms with van der Waals surface area (Å²) in [6.45, 7) is 2.35. The van der Waals surface area contributed by atoms with E-state index in [0.29, 0.717) is 38.3 Å². The van der Waals surface area contributed by atoms with Gasteiger partial charge in [0.15, 0.2) is 0 Å². The van der Waals surface area contributed by atoms with E-state index in [0.717, 1.165) is 0 Å². The maximum absolute atomic E-state index is 5.68. The van der Waals surface area contributed by atoms with Crippen molar-refractivity contribution in [3.8, 4) is 5.95 Å². The maximum Gasteiger partial charge on any atom is 0.241 e. The Morgan fingerprint density at radius 3 is 3.05 bits per heavy atom. The van der Waals surface area contributed by atoms with Gasteiger partial charge in [0.2, 0.25) is 17.8 Å². The molecule has 0 radical (unpaired) electrons. The van der Waals surface area contributed by atoms with Gasteiger partial charge in [0, 0.05) is 18.9 Å². The smallest absolute Gasteiger partial charge is 0.241 e. The molecule has 1 saturated heterocycles. The van der Waals surface area contributed by atoms with Gasteiger partial charge in [-0.3, -0.25) is 4.57 Å². The molecule has 0 bridgehead atoms. The standard InChI is InChI=1S/C11H15N7O2/c12-9-15-10(14-5-8-6-19-3-4-20-8)17-11(16-9)18-2-1-13-7-18/h1-2,7-8H,3-6H2,(H3,12,14,15,16,17). The number of hydrogen-bond acceptors (Lipinski definition) is 8. The molecule has 3 rings (SSSR count). The van der Waals surface area contributed by atoms with E-state index in [-0.39, 0.29) is 12.1 Å². The van der Waals surface area contributed by atoms with Crippen molar-refractivity contribution in [3.05, 3.63) is 18.7 Å². The molecule has 3 heterocycles. The molecule has 3 N–H and O–H groups in total. The van der Waals surface area contributed by atoms with Crippen LogP contribution < -0.4 is 11.1 Å². The van der Waals surface area contributed by atoms with E-state index >= 15 is 0 Å². The van der Waals surface area contributed by atoms with Crippen LogP contribution in [0, 0.1) is 0 Å². The Balaban J connectivity index is 1.69. The topological polar surface area (TPSA) is 113 Å². The Bertz CT molecular complexity index is 554. The van der Waals surface area contributed by atoms with Crippen LogP contribution in [0.25, 0.3) is 5.95 Å². The first-order valence-corrected chi connectivity index (χ1v) is 6.24. The van der Waals surface area contributed by atoms with Gasteiger partial charge >= 0.3 is 0 Å². The van der Waals surface area contributed by atoms with Gasteiger partial charge in [-0.2, -0.15) is 15.0 Å². The highest BCUT2D eigenvalue weighted by Crippen LogP contribution is 2.08. The molecule has 1 aliphatic heterocycles. The van der Waals surface area contributed by atoms with Crippen LogP contribution in [-0.2, 0) is 9.47 Å². The first kappa shape index (κ1) is 12.8. The molecule has 20 heavy (non-hydrogen) atoms. The molecule has 0 saturated carbocycles. The lowest BCUT2D eigenvalue weighted by atomic mass is 10.3. The Kier molecular flexibility index (Phi) is 3.70. The molecule has 1 fully saturated rings. The monoisotopic (exact) mass is 277 g/mol. The third kappa shape index (κ3) is 3.00. The second-order valence-corrected chi connectivity index (χ2v) is 4.24. The molecule has 2 aromatic heterocycles. The Labute approximate surface area is 115 Å². The number of anilines is 2. The van der Waals surface area contributed by atoms with Crippen LogP contribution >= 0.6 is 0 Å². The van der Waals surface area contributed by atoms with Gasteiger partial charge in [-0.25, -0.2) is 4.98 Å². The van der Waals surface area contributed by atoms with Gasteiger partial charge in [0.25, 0.3) is 0 Å². The molecule has 1 aliphatic rings. The molecule has 0 amide bonds. The van der Waals surface area contributed by atoms with Crippen molar-refractivity contribution in [1.29, 1.82) is 0 Å². The van der Waals surface area contributed by atoms with E-state index in [1.807, 2.05) is 0 Å². The summed E-state index contributed by atoms with van der Waals surface area (Å²) in [5.74, 6) is 0.959. The van der Waals surface area contributed by atoms with Crippen LogP contribution in [0.5, 0.6) is 0 Å². The summed E-state index contributed by atoms with van der Waals surface area (Å²) < 4.78 is 12.5. The highest BCUT2D eigenvalue weighted by Gasteiger charge is 2.15. The SMILES string of the molecule is Nc1nc(NCC2COCCO2)nc(-n2ccnc2)n1. The molecule has 106 valence electrons. The largest absolute Gasteiger partial charge is 0.376 e. The average Bonchev–Trinajstić information content (AvgIpc) is 3.00. The number of nitrogens with one attached hydrogen (secondary N) is 1. The third-order valence-electron chi connectivity index (χ3n) is 2.75. The van der Waals surface area contributed by atoms with Crippen LogP contribution in [0.2, 0.25) is 0 Å². The number of hydrogen-bond donors (Lipinski definition) is 2. The molecule has 2 aromatic rings. The minimum atomic E-state index is -0.0153. The molecule has 9 heteroatoms. The van der Waals surface area contributed by atoms with Crippen molar-refractivity contribution in [3.63, 3.8) is 0 Å². The number of nitrogens with zero attached hydrogens (tertiary/aromatic N) is 5. The number of nitrogen functional groups attached to an aromatic ring is 1. The lowest BCUT2D eigenvalue weighted by Crippen LogP contribution is -2.34. The Morgan fingerprint density at radius 2 is 2.30 bits per heavy atom. The third-order valence-corrected chi connectivity index (χ3v) is 2.75. The molecular formula is C11H15N7O2. The van der Waals surface area contributed by atoms with Crippen molar-refractivity contribution in [2.24, 2.45) is 0 Å². The zero-order valence-electron chi connectivity index (χ0n) is 10.8. The van der Waals surface area contributed by atoms with Crippen molar-refractivity contribution >= 4 is 11.9 Å². The van der Waals surface area contributed by atoms with E-state index < -0.39 is 0 Å². The van der Waals surface area contributed by atoms with Crippen molar-refractivity contribution < 1.29 is 9.47 Å². The molecule has 1 atom stereocenters. The number of rotatable bonds is 4. The number of ether oxygens (including phenoxy) is 2. The molecule has 1 unspecified atom stereocenters. The highest BCUT2D eigenvalue weighted by atomic mass is 16.6. The fraction of sp³-hybridized carbons (Fsp3) is 0.455. The fourth-order valence-corrected chi connectivity index (χ4v) is 1.81. The van der Waals surface area contributed by atoms with Crippen molar-refractivity contribution in [2.75, 3.05) is 37.4 Å². The quantitative estimate of drug-likeness (QED) is 0.766. The minimum absolute atomic E-state index is 0.0153. The molecule has 9 nitrogen and oxygen atoms in total. The van der Waals surface area contributed by atoms with Crippen LogP contribution in [0.4, 0.5) is 11.9 Å². The molecule has 0 aromatic carbocycles. The van der Waals surface area contributed by atoms with E-state index in [1.54, 1.807) is 23.3 Å². The van der Waals surface area contributed by atoms with Gasteiger partial charge in [-0.1, -0.05) is 0 Å². The van der Waals surface area contributed by atoms with Crippen LogP contribution in [0.3, 0.4) is 0 Å². The van der Waals surface area contributed by atoms with E-state index in [9.17, 15) is 0 Å². The number of nitrogens with two attached hydrogens (primary N) is 1.